The van der Waals surface area contributed by atoms with Gasteiger partial charge in [0.25, 0.3) is 0 Å². The normalized spacial score (nSPS) is 18.6. The van der Waals surface area contributed by atoms with E-state index in [1.165, 1.54) is 0 Å². The Morgan fingerprint density at radius 3 is 2.95 bits per heavy atom. The lowest BCUT2D eigenvalue weighted by molar-refractivity contribution is -0.116. The first-order chi connectivity index (χ1) is 9.60. The molecule has 20 heavy (non-hydrogen) atoms. The standard InChI is InChI=1S/C13H16Br2N2O2S/c1-19-12-6-11(9(14)5-10(12)15)17-13(18)4-8-7-20-3-2-16-8/h5-6,8,16H,2-4,7H2,1H3,(H,17,18). The summed E-state index contributed by atoms with van der Waals surface area (Å²) < 4.78 is 6.90. The molecule has 1 aliphatic rings. The number of benzene rings is 1. The number of rotatable bonds is 4. The van der Waals surface area contributed by atoms with E-state index in [-0.39, 0.29) is 11.9 Å². The zero-order valence-corrected chi connectivity index (χ0v) is 15.0. The molecular formula is C13H16Br2N2O2S. The van der Waals surface area contributed by atoms with Crippen molar-refractivity contribution in [2.75, 3.05) is 30.5 Å². The molecule has 1 fully saturated rings. The van der Waals surface area contributed by atoms with E-state index in [1.807, 2.05) is 17.8 Å². The predicted molar refractivity (Wildman–Crippen MR) is 90.8 cm³/mol. The number of methoxy groups -OCH3 is 1. The van der Waals surface area contributed by atoms with Gasteiger partial charge in [0, 0.05) is 41.1 Å². The second-order valence-electron chi connectivity index (χ2n) is 4.44. The Bertz CT molecular complexity index is 494. The number of hydrogen-bond acceptors (Lipinski definition) is 4. The van der Waals surface area contributed by atoms with Crippen molar-refractivity contribution in [2.45, 2.75) is 12.5 Å². The molecule has 0 saturated carbocycles. The lowest BCUT2D eigenvalue weighted by atomic mass is 10.2. The summed E-state index contributed by atoms with van der Waals surface area (Å²) in [6.07, 6.45) is 0.484. The molecule has 0 bridgehead atoms. The number of thioether (sulfide) groups is 1. The molecule has 4 nitrogen and oxygen atoms in total. The number of nitrogens with one attached hydrogen (secondary N) is 2. The SMILES string of the molecule is COc1cc(NC(=O)CC2CSCCN2)c(Br)cc1Br. The summed E-state index contributed by atoms with van der Waals surface area (Å²) in [6.45, 7) is 0.971. The number of hydrogen-bond donors (Lipinski definition) is 2. The summed E-state index contributed by atoms with van der Waals surface area (Å²) in [5.74, 6) is 2.80. The summed E-state index contributed by atoms with van der Waals surface area (Å²) in [6, 6.07) is 3.92. The maximum absolute atomic E-state index is 12.1. The Kier molecular flexibility index (Phi) is 6.20. The number of carbonyl (C=O) groups is 1. The number of amides is 1. The molecule has 2 N–H and O–H groups in total. The third kappa shape index (κ3) is 4.38. The molecule has 7 heteroatoms. The van der Waals surface area contributed by atoms with Gasteiger partial charge in [0.2, 0.25) is 5.91 Å². The van der Waals surface area contributed by atoms with Crippen LogP contribution in [0.5, 0.6) is 5.75 Å². The summed E-state index contributed by atoms with van der Waals surface area (Å²) in [7, 11) is 1.60. The highest BCUT2D eigenvalue weighted by Gasteiger charge is 2.17. The smallest absolute Gasteiger partial charge is 0.226 e. The second kappa shape index (κ2) is 7.68. The van der Waals surface area contributed by atoms with Crippen LogP contribution in [0.2, 0.25) is 0 Å². The van der Waals surface area contributed by atoms with Crippen molar-refractivity contribution in [3.63, 3.8) is 0 Å². The van der Waals surface area contributed by atoms with Crippen molar-refractivity contribution in [1.29, 1.82) is 0 Å². The van der Waals surface area contributed by atoms with Gasteiger partial charge < -0.3 is 15.4 Å². The molecule has 110 valence electrons. The van der Waals surface area contributed by atoms with Crippen LogP contribution < -0.4 is 15.4 Å². The van der Waals surface area contributed by atoms with E-state index >= 15 is 0 Å². The fourth-order valence-electron chi connectivity index (χ4n) is 1.96. The minimum Gasteiger partial charge on any atom is -0.495 e. The summed E-state index contributed by atoms with van der Waals surface area (Å²) in [5.41, 5.74) is 0.721. The molecule has 0 spiro atoms. The van der Waals surface area contributed by atoms with E-state index in [4.69, 9.17) is 4.74 Å². The van der Waals surface area contributed by atoms with Crippen molar-refractivity contribution in [2.24, 2.45) is 0 Å². The van der Waals surface area contributed by atoms with Crippen LogP contribution in [-0.2, 0) is 4.79 Å². The first-order valence-corrected chi connectivity index (χ1v) is 8.98. The van der Waals surface area contributed by atoms with Crippen LogP contribution >= 0.6 is 43.6 Å². The van der Waals surface area contributed by atoms with Crippen LogP contribution in [0.3, 0.4) is 0 Å². The van der Waals surface area contributed by atoms with Gasteiger partial charge in [0.05, 0.1) is 17.3 Å². The zero-order valence-electron chi connectivity index (χ0n) is 11.0. The van der Waals surface area contributed by atoms with Gasteiger partial charge in [0.1, 0.15) is 5.75 Å². The molecule has 1 aromatic carbocycles. The summed E-state index contributed by atoms with van der Waals surface area (Å²) in [5, 5.41) is 6.28. The maximum Gasteiger partial charge on any atom is 0.226 e. The van der Waals surface area contributed by atoms with Crippen LogP contribution in [0.4, 0.5) is 5.69 Å². The van der Waals surface area contributed by atoms with Gasteiger partial charge in [-0.1, -0.05) is 0 Å². The second-order valence-corrected chi connectivity index (χ2v) is 7.30. The third-order valence-corrected chi connectivity index (χ3v) is 5.35. The first kappa shape index (κ1) is 16.1. The average molecular weight is 424 g/mol. The first-order valence-electron chi connectivity index (χ1n) is 6.24. The van der Waals surface area contributed by atoms with E-state index in [0.717, 1.165) is 32.7 Å². The van der Waals surface area contributed by atoms with E-state index in [0.29, 0.717) is 12.2 Å². The fraction of sp³-hybridized carbons (Fsp3) is 0.462. The third-order valence-electron chi connectivity index (χ3n) is 2.95. The zero-order chi connectivity index (χ0) is 14.5. The molecule has 1 aromatic rings. The highest BCUT2D eigenvalue weighted by atomic mass is 79.9. The van der Waals surface area contributed by atoms with Crippen LogP contribution in [0, 0.1) is 0 Å². The van der Waals surface area contributed by atoms with E-state index in [1.54, 1.807) is 13.2 Å². The molecule has 1 atom stereocenters. The number of anilines is 1. The number of halogens is 2. The molecule has 2 rings (SSSR count). The van der Waals surface area contributed by atoms with Crippen LogP contribution in [-0.4, -0.2) is 37.1 Å². The largest absolute Gasteiger partial charge is 0.495 e. The summed E-state index contributed by atoms with van der Waals surface area (Å²) in [4.78, 5) is 12.1. The van der Waals surface area contributed by atoms with Crippen molar-refractivity contribution in [1.82, 2.24) is 5.32 Å². The monoisotopic (exact) mass is 422 g/mol. The Morgan fingerprint density at radius 2 is 2.30 bits per heavy atom. The fourth-order valence-corrected chi connectivity index (χ4v) is 4.16. The maximum atomic E-state index is 12.1. The van der Waals surface area contributed by atoms with Crippen molar-refractivity contribution in [3.8, 4) is 5.75 Å². The minimum absolute atomic E-state index is 0.00933. The molecule has 1 heterocycles. The minimum atomic E-state index is 0.00933. The van der Waals surface area contributed by atoms with E-state index in [2.05, 4.69) is 42.5 Å². The highest BCUT2D eigenvalue weighted by molar-refractivity contribution is 9.11. The average Bonchev–Trinajstić information content (AvgIpc) is 2.43. The molecule has 1 amide bonds. The Labute approximate surface area is 139 Å². The molecule has 0 aliphatic carbocycles. The molecule has 1 unspecified atom stereocenters. The van der Waals surface area contributed by atoms with Gasteiger partial charge in [-0.3, -0.25) is 4.79 Å². The van der Waals surface area contributed by atoms with Gasteiger partial charge >= 0.3 is 0 Å². The van der Waals surface area contributed by atoms with E-state index < -0.39 is 0 Å². The Morgan fingerprint density at radius 1 is 1.50 bits per heavy atom. The van der Waals surface area contributed by atoms with Crippen LogP contribution in [0.15, 0.2) is 21.1 Å². The van der Waals surface area contributed by atoms with Crippen molar-refractivity contribution < 1.29 is 9.53 Å². The molecule has 0 aromatic heterocycles. The van der Waals surface area contributed by atoms with Gasteiger partial charge in [-0.05, 0) is 37.9 Å². The molecule has 1 aliphatic heterocycles. The number of ether oxygens (including phenoxy) is 1. The van der Waals surface area contributed by atoms with Gasteiger partial charge in [-0.25, -0.2) is 0 Å². The Balaban J connectivity index is 1.99. The lowest BCUT2D eigenvalue weighted by Crippen LogP contribution is -2.39. The summed E-state index contributed by atoms with van der Waals surface area (Å²) >= 11 is 8.74. The topological polar surface area (TPSA) is 50.4 Å². The van der Waals surface area contributed by atoms with Crippen molar-refractivity contribution in [3.05, 3.63) is 21.1 Å². The lowest BCUT2D eigenvalue weighted by Gasteiger charge is -2.22. The quantitative estimate of drug-likeness (QED) is 0.780. The predicted octanol–water partition coefficient (Wildman–Crippen LogP) is 3.25. The van der Waals surface area contributed by atoms with Crippen LogP contribution in [0.1, 0.15) is 6.42 Å². The molecule has 1 saturated heterocycles. The van der Waals surface area contributed by atoms with Gasteiger partial charge in [-0.15, -0.1) is 0 Å². The van der Waals surface area contributed by atoms with Crippen molar-refractivity contribution >= 4 is 55.2 Å². The number of carbonyl (C=O) groups excluding carboxylic acids is 1. The van der Waals surface area contributed by atoms with Gasteiger partial charge in [-0.2, -0.15) is 11.8 Å². The highest BCUT2D eigenvalue weighted by Crippen LogP contribution is 2.34. The molecular weight excluding hydrogens is 408 g/mol. The van der Waals surface area contributed by atoms with E-state index in [9.17, 15) is 4.79 Å². The Hall–Kier alpha value is -0.240. The van der Waals surface area contributed by atoms with Crippen LogP contribution in [0.25, 0.3) is 0 Å². The molecule has 0 radical (unpaired) electrons. The van der Waals surface area contributed by atoms with Gasteiger partial charge in [0.15, 0.2) is 0 Å².